The smallest absolute Gasteiger partial charge is 0.343 e. The van der Waals surface area contributed by atoms with Crippen molar-refractivity contribution in [3.8, 4) is 0 Å². The topological polar surface area (TPSA) is 90.2 Å². The van der Waals surface area contributed by atoms with Gasteiger partial charge in [-0.1, -0.05) is 0 Å². The lowest BCUT2D eigenvalue weighted by Gasteiger charge is -2.02. The summed E-state index contributed by atoms with van der Waals surface area (Å²) in [6.45, 7) is 0.586. The number of nitrogen functional groups attached to an aromatic ring is 1. The number of alkyl halides is 1. The molecule has 15 heavy (non-hydrogen) atoms. The second-order valence-electron chi connectivity index (χ2n) is 2.70. The first-order chi connectivity index (χ1) is 7.20. The molecule has 1 aromatic heterocycles. The Balaban J connectivity index is 2.75. The summed E-state index contributed by atoms with van der Waals surface area (Å²) in [5.74, 6) is -0.0472. The molecule has 84 valence electrons. The van der Waals surface area contributed by atoms with Crippen molar-refractivity contribution in [2.24, 2.45) is 0 Å². The van der Waals surface area contributed by atoms with Crippen LogP contribution in [0.4, 0.5) is 5.82 Å². The third kappa shape index (κ3) is 2.84. The Bertz CT molecular complexity index is 340. The molecule has 0 spiro atoms. The summed E-state index contributed by atoms with van der Waals surface area (Å²) < 4.78 is 9.71. The molecule has 0 saturated heterocycles. The van der Waals surface area contributed by atoms with Gasteiger partial charge in [0, 0.05) is 5.88 Å². The van der Waals surface area contributed by atoms with Gasteiger partial charge in [-0.3, -0.25) is 5.10 Å². The van der Waals surface area contributed by atoms with Crippen LogP contribution in [0.3, 0.4) is 0 Å². The highest BCUT2D eigenvalue weighted by atomic mass is 35.5. The molecule has 0 saturated carbocycles. The van der Waals surface area contributed by atoms with Crippen LogP contribution in [-0.4, -0.2) is 35.8 Å². The van der Waals surface area contributed by atoms with E-state index in [1.807, 2.05) is 0 Å². The van der Waals surface area contributed by atoms with Crippen LogP contribution in [0.2, 0.25) is 0 Å². The number of nitrogens with two attached hydrogens (primary N) is 1. The van der Waals surface area contributed by atoms with Crippen LogP contribution >= 0.6 is 11.6 Å². The van der Waals surface area contributed by atoms with Crippen LogP contribution in [0.15, 0.2) is 0 Å². The largest absolute Gasteiger partial charge is 0.465 e. The van der Waals surface area contributed by atoms with Gasteiger partial charge in [0.2, 0.25) is 0 Å². The zero-order valence-electron chi connectivity index (χ0n) is 8.25. The molecule has 1 heterocycles. The lowest BCUT2D eigenvalue weighted by Crippen LogP contribution is -2.08. The maximum absolute atomic E-state index is 11.3. The Hall–Kier alpha value is -1.27. The van der Waals surface area contributed by atoms with Gasteiger partial charge in [-0.05, 0) is 0 Å². The Morgan fingerprint density at radius 3 is 3.00 bits per heavy atom. The van der Waals surface area contributed by atoms with E-state index >= 15 is 0 Å². The number of esters is 1. The molecule has 0 fully saturated rings. The normalized spacial score (nSPS) is 10.3. The predicted octanol–water partition coefficient (Wildman–Crippen LogP) is 0.534. The molecule has 0 aromatic carbocycles. The fourth-order valence-corrected chi connectivity index (χ4v) is 1.17. The minimum absolute atomic E-state index is 0.103. The molecule has 1 rings (SSSR count). The van der Waals surface area contributed by atoms with Gasteiger partial charge in [-0.15, -0.1) is 11.6 Å². The lowest BCUT2D eigenvalue weighted by molar-refractivity contribution is 0.0594. The summed E-state index contributed by atoms with van der Waals surface area (Å²) in [6.07, 6.45) is 0. The summed E-state index contributed by atoms with van der Waals surface area (Å²) in [6, 6.07) is 0. The van der Waals surface area contributed by atoms with Crippen molar-refractivity contribution in [2.75, 3.05) is 25.3 Å². The number of ether oxygens (including phenoxy) is 2. The summed E-state index contributed by atoms with van der Waals surface area (Å²) in [4.78, 5) is 11.3. The van der Waals surface area contributed by atoms with E-state index in [-0.39, 0.29) is 18.0 Å². The van der Waals surface area contributed by atoms with Crippen molar-refractivity contribution in [3.63, 3.8) is 0 Å². The molecule has 6 nitrogen and oxygen atoms in total. The molecule has 0 aliphatic rings. The van der Waals surface area contributed by atoms with E-state index in [2.05, 4.69) is 14.9 Å². The highest BCUT2D eigenvalue weighted by Gasteiger charge is 2.18. The second kappa shape index (κ2) is 5.57. The number of aromatic amines is 1. The average Bonchev–Trinajstić information content (AvgIpc) is 2.59. The van der Waals surface area contributed by atoms with Gasteiger partial charge in [-0.25, -0.2) is 4.79 Å². The van der Waals surface area contributed by atoms with E-state index < -0.39 is 5.97 Å². The Morgan fingerprint density at radius 2 is 2.40 bits per heavy atom. The molecule has 0 radical (unpaired) electrons. The van der Waals surface area contributed by atoms with Crippen molar-refractivity contribution in [3.05, 3.63) is 11.3 Å². The molecule has 0 aliphatic heterocycles. The third-order valence-electron chi connectivity index (χ3n) is 1.73. The predicted molar refractivity (Wildman–Crippen MR) is 54.7 cm³/mol. The molecule has 7 heteroatoms. The van der Waals surface area contributed by atoms with E-state index in [1.165, 1.54) is 7.11 Å². The van der Waals surface area contributed by atoms with Gasteiger partial charge in [0.25, 0.3) is 0 Å². The molecule has 0 unspecified atom stereocenters. The number of rotatable bonds is 5. The molecule has 0 atom stereocenters. The summed E-state index contributed by atoms with van der Waals surface area (Å²) in [5, 5.41) is 6.31. The number of carbonyl (C=O) groups excluding carboxylic acids is 1. The maximum atomic E-state index is 11.3. The fourth-order valence-electron chi connectivity index (χ4n) is 1.06. The molecule has 0 amide bonds. The summed E-state index contributed by atoms with van der Waals surface area (Å²) >= 11 is 5.44. The van der Waals surface area contributed by atoms with Crippen LogP contribution in [0.1, 0.15) is 16.1 Å². The average molecular weight is 234 g/mol. The summed E-state index contributed by atoms with van der Waals surface area (Å²) in [7, 11) is 1.28. The Kier molecular flexibility index (Phi) is 4.38. The van der Waals surface area contributed by atoms with Crippen LogP contribution in [-0.2, 0) is 16.1 Å². The Labute approximate surface area is 91.7 Å². The maximum Gasteiger partial charge on any atom is 0.343 e. The van der Waals surface area contributed by atoms with Crippen molar-refractivity contribution >= 4 is 23.4 Å². The third-order valence-corrected chi connectivity index (χ3v) is 1.88. The van der Waals surface area contributed by atoms with Crippen molar-refractivity contribution in [1.29, 1.82) is 0 Å². The minimum Gasteiger partial charge on any atom is -0.465 e. The van der Waals surface area contributed by atoms with Crippen LogP contribution < -0.4 is 5.73 Å². The quantitative estimate of drug-likeness (QED) is 0.440. The van der Waals surface area contributed by atoms with Gasteiger partial charge in [0.1, 0.15) is 5.56 Å². The zero-order valence-corrected chi connectivity index (χ0v) is 9.00. The molecule has 0 bridgehead atoms. The van der Waals surface area contributed by atoms with Crippen LogP contribution in [0.25, 0.3) is 0 Å². The molecular formula is C8H12ClN3O3. The molecule has 3 N–H and O–H groups in total. The number of H-pyrrole nitrogens is 1. The van der Waals surface area contributed by atoms with E-state index in [9.17, 15) is 4.79 Å². The van der Waals surface area contributed by atoms with Crippen molar-refractivity contribution in [2.45, 2.75) is 6.61 Å². The number of hydrogen-bond donors (Lipinski definition) is 2. The molecule has 0 aliphatic carbocycles. The Morgan fingerprint density at radius 1 is 1.67 bits per heavy atom. The number of nitrogens with zero attached hydrogens (tertiary/aromatic N) is 1. The van der Waals surface area contributed by atoms with Crippen molar-refractivity contribution in [1.82, 2.24) is 10.2 Å². The van der Waals surface area contributed by atoms with Crippen molar-refractivity contribution < 1.29 is 14.3 Å². The zero-order chi connectivity index (χ0) is 11.3. The minimum atomic E-state index is -0.536. The number of anilines is 1. The number of hydrogen-bond acceptors (Lipinski definition) is 5. The fraction of sp³-hybridized carbons (Fsp3) is 0.500. The van der Waals surface area contributed by atoms with E-state index in [1.54, 1.807) is 0 Å². The lowest BCUT2D eigenvalue weighted by atomic mass is 10.2. The van der Waals surface area contributed by atoms with Crippen LogP contribution in [0, 0.1) is 0 Å². The number of halogens is 1. The second-order valence-corrected chi connectivity index (χ2v) is 3.07. The first-order valence-corrected chi connectivity index (χ1v) is 4.79. The van der Waals surface area contributed by atoms with E-state index in [4.69, 9.17) is 22.1 Å². The van der Waals surface area contributed by atoms with E-state index in [0.717, 1.165) is 0 Å². The first kappa shape index (κ1) is 11.8. The molecule has 1 aromatic rings. The standard InChI is InChI=1S/C8H12ClN3O3/c1-14-8(13)6-5(4-15-3-2-9)11-12-7(6)10/h2-4H2,1H3,(H3,10,11,12). The monoisotopic (exact) mass is 233 g/mol. The number of aromatic nitrogens is 2. The molecular weight excluding hydrogens is 222 g/mol. The van der Waals surface area contributed by atoms with Gasteiger partial charge in [0.15, 0.2) is 5.82 Å². The number of methoxy groups -OCH3 is 1. The van der Waals surface area contributed by atoms with Gasteiger partial charge in [0.05, 0.1) is 26.0 Å². The summed E-state index contributed by atoms with van der Waals surface area (Å²) in [5.41, 5.74) is 6.20. The first-order valence-electron chi connectivity index (χ1n) is 4.25. The van der Waals surface area contributed by atoms with Gasteiger partial charge >= 0.3 is 5.97 Å². The highest BCUT2D eigenvalue weighted by Crippen LogP contribution is 2.15. The van der Waals surface area contributed by atoms with Crippen LogP contribution in [0.5, 0.6) is 0 Å². The number of nitrogens with one attached hydrogen (secondary N) is 1. The van der Waals surface area contributed by atoms with E-state index in [0.29, 0.717) is 18.2 Å². The van der Waals surface area contributed by atoms with Gasteiger partial charge in [-0.2, -0.15) is 5.10 Å². The highest BCUT2D eigenvalue weighted by molar-refractivity contribution is 6.17. The SMILES string of the molecule is COC(=O)c1c(N)n[nH]c1COCCCl. The van der Waals surface area contributed by atoms with Gasteiger partial charge < -0.3 is 15.2 Å². The number of carbonyl (C=O) groups is 1.